The number of aromatic nitrogens is 2. The molecule has 0 unspecified atom stereocenters. The fourth-order valence-electron chi connectivity index (χ4n) is 2.61. The Morgan fingerprint density at radius 2 is 1.92 bits per heavy atom. The summed E-state index contributed by atoms with van der Waals surface area (Å²) in [6, 6.07) is 13.1. The molecular formula is C19H20N4O3. The van der Waals surface area contributed by atoms with E-state index in [4.69, 9.17) is 4.42 Å². The number of nitrogens with zero attached hydrogens (tertiary/aromatic N) is 2. The van der Waals surface area contributed by atoms with Crippen LogP contribution in [0.2, 0.25) is 0 Å². The highest BCUT2D eigenvalue weighted by molar-refractivity contribution is 5.97. The van der Waals surface area contributed by atoms with Crippen LogP contribution in [0.5, 0.6) is 0 Å². The first-order valence-electron chi connectivity index (χ1n) is 8.38. The second kappa shape index (κ2) is 8.15. The second-order valence-corrected chi connectivity index (χ2v) is 5.64. The third-order valence-corrected chi connectivity index (χ3v) is 3.90. The van der Waals surface area contributed by atoms with E-state index in [0.29, 0.717) is 17.7 Å². The summed E-state index contributed by atoms with van der Waals surface area (Å²) in [7, 11) is 0. The molecular weight excluding hydrogens is 332 g/mol. The van der Waals surface area contributed by atoms with Crippen LogP contribution < -0.4 is 10.6 Å². The number of amides is 2. The Balaban J connectivity index is 1.61. The molecule has 0 aliphatic heterocycles. The van der Waals surface area contributed by atoms with Crippen molar-refractivity contribution in [2.45, 2.75) is 19.9 Å². The summed E-state index contributed by atoms with van der Waals surface area (Å²) in [5.74, 6) is 0.0440. The van der Waals surface area contributed by atoms with Gasteiger partial charge in [-0.25, -0.2) is 4.68 Å². The van der Waals surface area contributed by atoms with Gasteiger partial charge in [0.1, 0.15) is 5.76 Å². The Hall–Kier alpha value is -3.35. The second-order valence-electron chi connectivity index (χ2n) is 5.64. The number of hydrogen-bond donors (Lipinski definition) is 2. The summed E-state index contributed by atoms with van der Waals surface area (Å²) in [6.07, 6.45) is 3.71. The van der Waals surface area contributed by atoms with Gasteiger partial charge in [-0.2, -0.15) is 5.10 Å². The highest BCUT2D eigenvalue weighted by Gasteiger charge is 2.17. The monoisotopic (exact) mass is 352 g/mol. The molecule has 0 radical (unpaired) electrons. The number of hydrogen-bond acceptors (Lipinski definition) is 4. The van der Waals surface area contributed by atoms with Crippen molar-refractivity contribution in [3.05, 3.63) is 71.9 Å². The van der Waals surface area contributed by atoms with E-state index in [-0.39, 0.29) is 24.9 Å². The summed E-state index contributed by atoms with van der Waals surface area (Å²) in [5, 5.41) is 9.64. The lowest BCUT2D eigenvalue weighted by molar-refractivity contribution is -0.120. The van der Waals surface area contributed by atoms with Crippen molar-refractivity contribution in [2.24, 2.45) is 0 Å². The minimum absolute atomic E-state index is 0.112. The summed E-state index contributed by atoms with van der Waals surface area (Å²) < 4.78 is 6.88. The Kier molecular flexibility index (Phi) is 5.48. The largest absolute Gasteiger partial charge is 0.467 e. The normalized spacial score (nSPS) is 10.5. The maximum Gasteiger partial charge on any atom is 0.255 e. The van der Waals surface area contributed by atoms with E-state index in [1.165, 1.54) is 6.20 Å². The number of para-hydroxylation sites is 1. The SMILES string of the molecule is CCc1c(C(=O)NCC(=O)NCc2ccco2)cnn1-c1ccccc1. The van der Waals surface area contributed by atoms with Gasteiger partial charge in [-0.1, -0.05) is 25.1 Å². The first-order chi connectivity index (χ1) is 12.7. The molecule has 2 aromatic heterocycles. The van der Waals surface area contributed by atoms with E-state index in [1.807, 2.05) is 37.3 Å². The van der Waals surface area contributed by atoms with Crippen molar-refractivity contribution in [2.75, 3.05) is 6.54 Å². The zero-order valence-electron chi connectivity index (χ0n) is 14.4. The minimum Gasteiger partial charge on any atom is -0.467 e. The van der Waals surface area contributed by atoms with Crippen LogP contribution in [0.3, 0.4) is 0 Å². The molecule has 0 saturated heterocycles. The molecule has 0 bridgehead atoms. The molecule has 134 valence electrons. The standard InChI is InChI=1S/C19H20N4O3/c1-2-17-16(12-22-23(17)14-7-4-3-5-8-14)19(25)21-13-18(24)20-11-15-9-6-10-26-15/h3-10,12H,2,11,13H2,1H3,(H,20,24)(H,21,25). The van der Waals surface area contributed by atoms with E-state index in [9.17, 15) is 9.59 Å². The molecule has 2 amide bonds. The van der Waals surface area contributed by atoms with Gasteiger partial charge >= 0.3 is 0 Å². The molecule has 7 nitrogen and oxygen atoms in total. The van der Waals surface area contributed by atoms with Crippen LogP contribution >= 0.6 is 0 Å². The van der Waals surface area contributed by atoms with Crippen molar-refractivity contribution >= 4 is 11.8 Å². The van der Waals surface area contributed by atoms with Crippen molar-refractivity contribution in [1.29, 1.82) is 0 Å². The average Bonchev–Trinajstić information content (AvgIpc) is 3.34. The number of nitrogens with one attached hydrogen (secondary N) is 2. The summed E-state index contributed by atoms with van der Waals surface area (Å²) in [6.45, 7) is 2.14. The lowest BCUT2D eigenvalue weighted by Gasteiger charge is -2.08. The number of rotatable bonds is 7. The Morgan fingerprint density at radius 3 is 2.62 bits per heavy atom. The fraction of sp³-hybridized carbons (Fsp3) is 0.211. The smallest absolute Gasteiger partial charge is 0.255 e. The molecule has 1 aromatic carbocycles. The van der Waals surface area contributed by atoms with Crippen LogP contribution in [0.1, 0.15) is 28.7 Å². The Morgan fingerprint density at radius 1 is 1.12 bits per heavy atom. The van der Waals surface area contributed by atoms with E-state index >= 15 is 0 Å². The predicted octanol–water partition coefficient (Wildman–Crippen LogP) is 2.07. The zero-order chi connectivity index (χ0) is 18.4. The first kappa shape index (κ1) is 17.5. The minimum atomic E-state index is -0.322. The highest BCUT2D eigenvalue weighted by atomic mass is 16.3. The van der Waals surface area contributed by atoms with Crippen LogP contribution in [0.4, 0.5) is 0 Å². The van der Waals surface area contributed by atoms with Gasteiger partial charge in [-0.05, 0) is 30.7 Å². The quantitative estimate of drug-likeness (QED) is 0.681. The van der Waals surface area contributed by atoms with E-state index in [2.05, 4.69) is 15.7 Å². The lowest BCUT2D eigenvalue weighted by Crippen LogP contribution is -2.36. The fourth-order valence-corrected chi connectivity index (χ4v) is 2.61. The maximum absolute atomic E-state index is 12.4. The van der Waals surface area contributed by atoms with E-state index in [0.717, 1.165) is 11.4 Å². The van der Waals surface area contributed by atoms with Crippen molar-refractivity contribution in [1.82, 2.24) is 20.4 Å². The van der Waals surface area contributed by atoms with Gasteiger partial charge in [0.2, 0.25) is 5.91 Å². The molecule has 7 heteroatoms. The molecule has 26 heavy (non-hydrogen) atoms. The van der Waals surface area contributed by atoms with Gasteiger partial charge in [-0.15, -0.1) is 0 Å². The molecule has 0 saturated carbocycles. The third-order valence-electron chi connectivity index (χ3n) is 3.90. The van der Waals surface area contributed by atoms with E-state index in [1.54, 1.807) is 23.1 Å². The highest BCUT2D eigenvalue weighted by Crippen LogP contribution is 2.15. The van der Waals surface area contributed by atoms with E-state index < -0.39 is 0 Å². The van der Waals surface area contributed by atoms with Crippen LogP contribution in [-0.2, 0) is 17.8 Å². The van der Waals surface area contributed by atoms with Gasteiger partial charge < -0.3 is 15.1 Å². The molecule has 2 N–H and O–H groups in total. The van der Waals surface area contributed by atoms with Crippen LogP contribution in [-0.4, -0.2) is 28.1 Å². The number of benzene rings is 1. The summed E-state index contributed by atoms with van der Waals surface area (Å²) >= 11 is 0. The number of carbonyl (C=O) groups excluding carboxylic acids is 2. The molecule has 0 fully saturated rings. The zero-order valence-corrected chi connectivity index (χ0v) is 14.4. The topological polar surface area (TPSA) is 89.2 Å². The van der Waals surface area contributed by atoms with Crippen LogP contribution in [0.15, 0.2) is 59.3 Å². The average molecular weight is 352 g/mol. The molecule has 0 aliphatic rings. The van der Waals surface area contributed by atoms with Gasteiger partial charge in [0, 0.05) is 0 Å². The van der Waals surface area contributed by atoms with Gasteiger partial charge in [-0.3, -0.25) is 9.59 Å². The molecule has 3 rings (SSSR count). The van der Waals surface area contributed by atoms with Crippen molar-refractivity contribution < 1.29 is 14.0 Å². The Bertz CT molecular complexity index is 870. The van der Waals surface area contributed by atoms with Gasteiger partial charge in [0.25, 0.3) is 5.91 Å². The van der Waals surface area contributed by atoms with Gasteiger partial charge in [0.05, 0.1) is 42.5 Å². The summed E-state index contributed by atoms with van der Waals surface area (Å²) in [5.41, 5.74) is 2.15. The number of furan rings is 1. The predicted molar refractivity (Wildman–Crippen MR) is 95.8 cm³/mol. The summed E-state index contributed by atoms with van der Waals surface area (Å²) in [4.78, 5) is 24.3. The third kappa shape index (κ3) is 4.00. The maximum atomic E-state index is 12.4. The molecule has 0 atom stereocenters. The van der Waals surface area contributed by atoms with Crippen molar-refractivity contribution in [3.8, 4) is 5.69 Å². The molecule has 0 spiro atoms. The van der Waals surface area contributed by atoms with Gasteiger partial charge in [0.15, 0.2) is 0 Å². The molecule has 0 aliphatic carbocycles. The molecule has 2 heterocycles. The number of carbonyl (C=O) groups is 2. The van der Waals surface area contributed by atoms with Crippen LogP contribution in [0, 0.1) is 0 Å². The lowest BCUT2D eigenvalue weighted by atomic mass is 10.2. The van der Waals surface area contributed by atoms with Crippen molar-refractivity contribution in [3.63, 3.8) is 0 Å². The van der Waals surface area contributed by atoms with Crippen LogP contribution in [0.25, 0.3) is 5.69 Å². The molecule has 3 aromatic rings. The Labute approximate surface area is 151 Å². The first-order valence-corrected chi connectivity index (χ1v) is 8.38.